The smallest absolute Gasteiger partial charge is 0.222 e. The number of nitrogens with two attached hydrogens (primary N) is 1. The van der Waals surface area contributed by atoms with Gasteiger partial charge >= 0.3 is 0 Å². The number of hydrogen-bond donors (Lipinski definition) is 2. The van der Waals surface area contributed by atoms with Crippen LogP contribution >= 0.6 is 0 Å². The lowest BCUT2D eigenvalue weighted by Gasteiger charge is -2.56. The van der Waals surface area contributed by atoms with E-state index in [-0.39, 0.29) is 35.7 Å². The SMILES string of the molecule is COc1ccc(C(C)C)cc1CN[C@H]1[C@H]2CCN(C[C@@H]2C(N)=O)[C@@H]1C(c1ccccc1)c1ccccc1. The van der Waals surface area contributed by atoms with E-state index in [1.807, 2.05) is 0 Å². The number of carbonyl (C=O) groups is 1. The minimum atomic E-state index is -0.185. The van der Waals surface area contributed by atoms with Crippen LogP contribution in [0.2, 0.25) is 0 Å². The molecule has 3 N–H and O–H groups in total. The van der Waals surface area contributed by atoms with Crippen LogP contribution in [0.4, 0.5) is 0 Å². The zero-order valence-corrected chi connectivity index (χ0v) is 22.1. The summed E-state index contributed by atoms with van der Waals surface area (Å²) in [6, 6.07) is 28.4. The fraction of sp³-hybridized carbons (Fsp3) is 0.406. The van der Waals surface area contributed by atoms with Crippen molar-refractivity contribution in [2.45, 2.75) is 50.7 Å². The Hall–Kier alpha value is -3.15. The quantitative estimate of drug-likeness (QED) is 0.441. The molecule has 0 saturated carbocycles. The summed E-state index contributed by atoms with van der Waals surface area (Å²) in [5, 5.41) is 3.94. The topological polar surface area (TPSA) is 67.6 Å². The summed E-state index contributed by atoms with van der Waals surface area (Å²) in [6.07, 6.45) is 0.973. The molecule has 0 radical (unpaired) electrons. The van der Waals surface area contributed by atoms with Gasteiger partial charge in [-0.1, -0.05) is 86.6 Å². The summed E-state index contributed by atoms with van der Waals surface area (Å²) < 4.78 is 5.73. The Morgan fingerprint density at radius 3 is 2.22 bits per heavy atom. The third kappa shape index (κ3) is 5.16. The fourth-order valence-corrected chi connectivity index (χ4v) is 6.60. The van der Waals surface area contributed by atoms with Crippen LogP contribution in [0.3, 0.4) is 0 Å². The molecule has 5 nitrogen and oxygen atoms in total. The molecule has 0 aromatic heterocycles. The Labute approximate surface area is 221 Å². The molecule has 3 aliphatic rings. The number of primary amides is 1. The summed E-state index contributed by atoms with van der Waals surface area (Å²) in [4.78, 5) is 15.1. The molecule has 0 aliphatic carbocycles. The van der Waals surface area contributed by atoms with Gasteiger partial charge in [-0.3, -0.25) is 9.69 Å². The number of piperidine rings is 3. The number of hydrogen-bond acceptors (Lipinski definition) is 4. The first-order chi connectivity index (χ1) is 18.0. The average Bonchev–Trinajstić information content (AvgIpc) is 2.93. The number of nitrogens with one attached hydrogen (secondary N) is 1. The van der Waals surface area contributed by atoms with Crippen molar-refractivity contribution in [3.05, 3.63) is 101 Å². The van der Waals surface area contributed by atoms with Crippen molar-refractivity contribution in [2.75, 3.05) is 20.2 Å². The Morgan fingerprint density at radius 1 is 1.00 bits per heavy atom. The number of fused-ring (bicyclic) bond motifs is 3. The van der Waals surface area contributed by atoms with Gasteiger partial charge in [-0.05, 0) is 47.6 Å². The first-order valence-corrected chi connectivity index (χ1v) is 13.5. The van der Waals surface area contributed by atoms with E-state index in [0.717, 1.165) is 30.8 Å². The Balaban J connectivity index is 1.54. The lowest BCUT2D eigenvalue weighted by molar-refractivity contribution is -0.132. The molecule has 194 valence electrons. The molecule has 37 heavy (non-hydrogen) atoms. The van der Waals surface area contributed by atoms with Crippen LogP contribution in [0.25, 0.3) is 0 Å². The van der Waals surface area contributed by atoms with Gasteiger partial charge in [-0.15, -0.1) is 0 Å². The molecule has 5 heteroatoms. The highest BCUT2D eigenvalue weighted by Gasteiger charge is 2.51. The number of benzene rings is 3. The zero-order chi connectivity index (χ0) is 25.9. The van der Waals surface area contributed by atoms with E-state index >= 15 is 0 Å². The van der Waals surface area contributed by atoms with Gasteiger partial charge in [0.15, 0.2) is 0 Å². The van der Waals surface area contributed by atoms with E-state index in [0.29, 0.717) is 12.5 Å². The van der Waals surface area contributed by atoms with Crippen LogP contribution < -0.4 is 15.8 Å². The Bertz CT molecular complexity index is 1160. The lowest BCUT2D eigenvalue weighted by atomic mass is 9.66. The number of carbonyl (C=O) groups excluding carboxylic acids is 1. The molecular formula is C32H39N3O2. The highest BCUT2D eigenvalue weighted by Crippen LogP contribution is 2.44. The van der Waals surface area contributed by atoms with Crippen molar-refractivity contribution >= 4 is 5.91 Å². The predicted molar refractivity (Wildman–Crippen MR) is 149 cm³/mol. The molecule has 3 aromatic carbocycles. The van der Waals surface area contributed by atoms with E-state index in [1.54, 1.807) is 7.11 Å². The maximum Gasteiger partial charge on any atom is 0.222 e. The molecule has 2 bridgehead atoms. The molecule has 3 aliphatic heterocycles. The molecular weight excluding hydrogens is 458 g/mol. The summed E-state index contributed by atoms with van der Waals surface area (Å²) in [7, 11) is 1.73. The van der Waals surface area contributed by atoms with Gasteiger partial charge in [-0.25, -0.2) is 0 Å². The normalized spacial score (nSPS) is 24.9. The molecule has 3 heterocycles. The Kier molecular flexibility index (Phi) is 7.63. The van der Waals surface area contributed by atoms with Crippen LogP contribution in [0.15, 0.2) is 78.9 Å². The third-order valence-corrected chi connectivity index (χ3v) is 8.47. The van der Waals surface area contributed by atoms with Crippen molar-refractivity contribution < 1.29 is 9.53 Å². The maximum absolute atomic E-state index is 12.5. The highest BCUT2D eigenvalue weighted by atomic mass is 16.5. The average molecular weight is 498 g/mol. The van der Waals surface area contributed by atoms with E-state index in [4.69, 9.17) is 10.5 Å². The molecule has 3 saturated heterocycles. The molecule has 3 fully saturated rings. The highest BCUT2D eigenvalue weighted by molar-refractivity contribution is 5.77. The monoisotopic (exact) mass is 497 g/mol. The van der Waals surface area contributed by atoms with Crippen LogP contribution in [0.5, 0.6) is 5.75 Å². The van der Waals surface area contributed by atoms with E-state index < -0.39 is 0 Å². The standard InChI is InChI=1S/C32H39N3O2/c1-21(2)24-14-15-28(37-3)25(18-24)19-34-30-26-16-17-35(20-27(26)32(33)36)31(30)29(22-10-6-4-7-11-22)23-12-8-5-9-13-23/h4-15,18,21,26-27,29-31,34H,16-17,19-20H2,1-3H3,(H2,33,36)/t26-,27-,30-,31+/m0/s1. The van der Waals surface area contributed by atoms with Crippen molar-refractivity contribution in [1.29, 1.82) is 0 Å². The van der Waals surface area contributed by atoms with Gasteiger partial charge in [0.1, 0.15) is 5.75 Å². The predicted octanol–water partition coefficient (Wildman–Crippen LogP) is 4.91. The van der Waals surface area contributed by atoms with Crippen LogP contribution in [0, 0.1) is 11.8 Å². The van der Waals surface area contributed by atoms with Crippen LogP contribution in [-0.2, 0) is 11.3 Å². The molecule has 6 rings (SSSR count). The van der Waals surface area contributed by atoms with Gasteiger partial charge in [0, 0.05) is 36.7 Å². The second-order valence-electron chi connectivity index (χ2n) is 10.9. The van der Waals surface area contributed by atoms with Gasteiger partial charge in [0.05, 0.1) is 13.0 Å². The van der Waals surface area contributed by atoms with E-state index in [9.17, 15) is 4.79 Å². The van der Waals surface area contributed by atoms with Crippen molar-refractivity contribution in [3.63, 3.8) is 0 Å². The zero-order valence-electron chi connectivity index (χ0n) is 22.1. The summed E-state index contributed by atoms with van der Waals surface area (Å²) in [6.45, 7) is 6.82. The summed E-state index contributed by atoms with van der Waals surface area (Å²) in [5.41, 5.74) is 11.0. The Morgan fingerprint density at radius 2 is 1.65 bits per heavy atom. The van der Waals surface area contributed by atoms with Crippen LogP contribution in [0.1, 0.15) is 54.4 Å². The van der Waals surface area contributed by atoms with Gasteiger partial charge in [0.25, 0.3) is 0 Å². The largest absolute Gasteiger partial charge is 0.496 e. The first kappa shape index (κ1) is 25.5. The van der Waals surface area contributed by atoms with E-state index in [1.165, 1.54) is 16.7 Å². The second kappa shape index (κ2) is 11.1. The first-order valence-electron chi connectivity index (χ1n) is 13.5. The molecule has 5 atom stereocenters. The fourth-order valence-electron chi connectivity index (χ4n) is 6.60. The molecule has 3 aromatic rings. The number of rotatable bonds is 9. The van der Waals surface area contributed by atoms with Gasteiger partial charge in [0.2, 0.25) is 5.91 Å². The van der Waals surface area contributed by atoms with Crippen molar-refractivity contribution in [2.24, 2.45) is 17.6 Å². The lowest BCUT2D eigenvalue weighted by Crippen LogP contribution is -2.68. The molecule has 0 spiro atoms. The molecule has 1 amide bonds. The van der Waals surface area contributed by atoms with E-state index in [2.05, 4.69) is 103 Å². The van der Waals surface area contributed by atoms with Crippen LogP contribution in [-0.4, -0.2) is 43.1 Å². The van der Waals surface area contributed by atoms with Crippen molar-refractivity contribution in [1.82, 2.24) is 10.2 Å². The number of ether oxygens (including phenoxy) is 1. The number of methoxy groups -OCH3 is 1. The summed E-state index contributed by atoms with van der Waals surface area (Å²) >= 11 is 0. The molecule has 1 unspecified atom stereocenters. The third-order valence-electron chi connectivity index (χ3n) is 8.47. The second-order valence-corrected chi connectivity index (χ2v) is 10.9. The number of amides is 1. The van der Waals surface area contributed by atoms with Crippen molar-refractivity contribution in [3.8, 4) is 5.75 Å². The van der Waals surface area contributed by atoms with Gasteiger partial charge < -0.3 is 15.8 Å². The minimum Gasteiger partial charge on any atom is -0.496 e. The summed E-state index contributed by atoms with van der Waals surface area (Å²) in [5.74, 6) is 1.38. The number of nitrogens with zero attached hydrogens (tertiary/aromatic N) is 1. The maximum atomic E-state index is 12.5. The van der Waals surface area contributed by atoms with Gasteiger partial charge in [-0.2, -0.15) is 0 Å². The minimum absolute atomic E-state index is 0.109.